The van der Waals surface area contributed by atoms with Crippen molar-refractivity contribution < 1.29 is 8.42 Å². The summed E-state index contributed by atoms with van der Waals surface area (Å²) in [4.78, 5) is 6.71. The topological polar surface area (TPSA) is 74.3 Å². The lowest BCUT2D eigenvalue weighted by Crippen LogP contribution is -2.57. The van der Waals surface area contributed by atoms with Crippen LogP contribution in [0, 0.1) is 5.92 Å². The molecule has 0 aromatic carbocycles. The highest BCUT2D eigenvalue weighted by Gasteiger charge is 2.37. The van der Waals surface area contributed by atoms with Crippen molar-refractivity contribution in [1.29, 1.82) is 0 Å². The third-order valence-electron chi connectivity index (χ3n) is 4.37. The zero-order valence-electron chi connectivity index (χ0n) is 12.2. The van der Waals surface area contributed by atoms with E-state index < -0.39 is 10.0 Å². The number of nitrogens with zero attached hydrogens (tertiary/aromatic N) is 2. The molecule has 1 aromatic heterocycles. The first kappa shape index (κ1) is 14.7. The van der Waals surface area contributed by atoms with Crippen molar-refractivity contribution in [1.82, 2.24) is 14.6 Å². The summed E-state index contributed by atoms with van der Waals surface area (Å²) in [7, 11) is -3.54. The van der Waals surface area contributed by atoms with Crippen molar-refractivity contribution in [3.8, 4) is 0 Å². The van der Waals surface area contributed by atoms with Crippen LogP contribution in [0.25, 0.3) is 0 Å². The van der Waals surface area contributed by atoms with Crippen molar-refractivity contribution in [3.05, 3.63) is 18.3 Å². The molecule has 116 valence electrons. The van der Waals surface area contributed by atoms with Crippen molar-refractivity contribution in [2.75, 3.05) is 31.5 Å². The van der Waals surface area contributed by atoms with Gasteiger partial charge in [0.2, 0.25) is 10.0 Å². The molecule has 7 heteroatoms. The smallest absolute Gasteiger partial charge is 0.244 e. The molecule has 21 heavy (non-hydrogen) atoms. The third-order valence-corrected chi connectivity index (χ3v) is 5.89. The van der Waals surface area contributed by atoms with Gasteiger partial charge in [0.1, 0.15) is 10.7 Å². The lowest BCUT2D eigenvalue weighted by atomic mass is 9.85. The fraction of sp³-hybridized carbons (Fsp3) is 0.643. The molecule has 0 spiro atoms. The first-order chi connectivity index (χ1) is 10.1. The monoisotopic (exact) mass is 310 g/mol. The van der Waals surface area contributed by atoms with Gasteiger partial charge in [0.15, 0.2) is 0 Å². The molecule has 1 atom stereocenters. The second-order valence-electron chi connectivity index (χ2n) is 5.75. The van der Waals surface area contributed by atoms with Crippen LogP contribution in [0.15, 0.2) is 23.2 Å². The second-order valence-corrected chi connectivity index (χ2v) is 7.43. The highest BCUT2D eigenvalue weighted by molar-refractivity contribution is 7.89. The first-order valence-corrected chi connectivity index (χ1v) is 9.02. The molecule has 3 aliphatic heterocycles. The van der Waals surface area contributed by atoms with Gasteiger partial charge in [-0.25, -0.2) is 18.1 Å². The fourth-order valence-corrected chi connectivity index (χ4v) is 4.70. The van der Waals surface area contributed by atoms with E-state index in [2.05, 4.69) is 19.9 Å². The molecule has 1 unspecified atom stereocenters. The number of rotatable bonds is 5. The molecule has 0 radical (unpaired) electrons. The van der Waals surface area contributed by atoms with Crippen molar-refractivity contribution in [2.24, 2.45) is 5.92 Å². The van der Waals surface area contributed by atoms with Gasteiger partial charge in [0.05, 0.1) is 0 Å². The average Bonchev–Trinajstić information content (AvgIpc) is 2.49. The Balaban J connectivity index is 1.81. The largest absolute Gasteiger partial charge is 0.369 e. The van der Waals surface area contributed by atoms with Gasteiger partial charge >= 0.3 is 0 Å². The Bertz CT molecular complexity index is 597. The van der Waals surface area contributed by atoms with Crippen LogP contribution in [0.2, 0.25) is 0 Å². The molecule has 1 aromatic rings. The molecule has 2 N–H and O–H groups in total. The molecule has 0 amide bonds. The molecule has 4 rings (SSSR count). The zero-order chi connectivity index (χ0) is 14.9. The Kier molecular flexibility index (Phi) is 4.14. The van der Waals surface area contributed by atoms with Gasteiger partial charge in [0, 0.05) is 25.3 Å². The molecule has 3 aliphatic rings. The lowest BCUT2D eigenvalue weighted by Gasteiger charge is -2.44. The van der Waals surface area contributed by atoms with Gasteiger partial charge in [-0.1, -0.05) is 0 Å². The SMILES string of the molecule is CCNc1ncccc1S(=O)(=O)NC1CN2CCC1CC2. The minimum atomic E-state index is -3.54. The quantitative estimate of drug-likeness (QED) is 0.845. The number of piperidine rings is 3. The van der Waals surface area contributed by atoms with E-state index in [4.69, 9.17) is 0 Å². The van der Waals surface area contributed by atoms with Crippen LogP contribution in [-0.4, -0.2) is 50.5 Å². The maximum absolute atomic E-state index is 12.7. The summed E-state index contributed by atoms with van der Waals surface area (Å²) in [5, 5.41) is 3.01. The van der Waals surface area contributed by atoms with E-state index in [1.54, 1.807) is 18.3 Å². The normalized spacial score (nSPS) is 28.5. The highest BCUT2D eigenvalue weighted by Crippen LogP contribution is 2.29. The summed E-state index contributed by atoms with van der Waals surface area (Å²) in [5.74, 6) is 0.887. The fourth-order valence-electron chi connectivity index (χ4n) is 3.27. The van der Waals surface area contributed by atoms with E-state index in [-0.39, 0.29) is 10.9 Å². The number of sulfonamides is 1. The Hall–Kier alpha value is -1.18. The molecular formula is C14H22N4O2S. The molecule has 3 fully saturated rings. The van der Waals surface area contributed by atoms with Crippen molar-refractivity contribution in [2.45, 2.75) is 30.7 Å². The molecule has 0 aliphatic carbocycles. The Labute approximate surface area is 126 Å². The van der Waals surface area contributed by atoms with E-state index in [0.29, 0.717) is 18.3 Å². The minimum absolute atomic E-state index is 0.0205. The molecular weight excluding hydrogens is 288 g/mol. The summed E-state index contributed by atoms with van der Waals surface area (Å²) < 4.78 is 28.2. The van der Waals surface area contributed by atoms with Crippen LogP contribution in [0.1, 0.15) is 19.8 Å². The summed E-state index contributed by atoms with van der Waals surface area (Å²) in [6, 6.07) is 3.29. The van der Waals surface area contributed by atoms with Crippen LogP contribution in [0.3, 0.4) is 0 Å². The second kappa shape index (κ2) is 5.90. The van der Waals surface area contributed by atoms with E-state index in [9.17, 15) is 8.42 Å². The van der Waals surface area contributed by atoms with Crippen LogP contribution in [0.5, 0.6) is 0 Å². The lowest BCUT2D eigenvalue weighted by molar-refractivity contribution is 0.0827. The Morgan fingerprint density at radius 2 is 2.14 bits per heavy atom. The number of nitrogens with one attached hydrogen (secondary N) is 2. The van der Waals surface area contributed by atoms with Gasteiger partial charge in [-0.05, 0) is 50.9 Å². The van der Waals surface area contributed by atoms with E-state index in [1.165, 1.54) is 0 Å². The van der Waals surface area contributed by atoms with Gasteiger partial charge in [-0.2, -0.15) is 0 Å². The highest BCUT2D eigenvalue weighted by atomic mass is 32.2. The summed E-state index contributed by atoms with van der Waals surface area (Å²) in [6.07, 6.45) is 3.77. The van der Waals surface area contributed by atoms with E-state index in [1.807, 2.05) is 6.92 Å². The molecule has 0 saturated carbocycles. The van der Waals surface area contributed by atoms with Gasteiger partial charge in [0.25, 0.3) is 0 Å². The maximum atomic E-state index is 12.7. The number of hydrogen-bond donors (Lipinski definition) is 2. The summed E-state index contributed by atoms with van der Waals surface area (Å²) >= 11 is 0. The van der Waals surface area contributed by atoms with Crippen LogP contribution in [0.4, 0.5) is 5.82 Å². The third kappa shape index (κ3) is 3.04. The molecule has 6 nitrogen and oxygen atoms in total. The van der Waals surface area contributed by atoms with E-state index in [0.717, 1.165) is 32.5 Å². The van der Waals surface area contributed by atoms with E-state index >= 15 is 0 Å². The van der Waals surface area contributed by atoms with Gasteiger partial charge in [-0.15, -0.1) is 0 Å². The summed E-state index contributed by atoms with van der Waals surface area (Å²) in [5.41, 5.74) is 0. The number of anilines is 1. The maximum Gasteiger partial charge on any atom is 0.244 e. The van der Waals surface area contributed by atoms with Crippen LogP contribution >= 0.6 is 0 Å². The molecule has 2 bridgehead atoms. The predicted octanol–water partition coefficient (Wildman–Crippen LogP) is 0.886. The minimum Gasteiger partial charge on any atom is -0.369 e. The Morgan fingerprint density at radius 1 is 1.38 bits per heavy atom. The predicted molar refractivity (Wildman–Crippen MR) is 81.7 cm³/mol. The molecule has 3 saturated heterocycles. The number of aromatic nitrogens is 1. The van der Waals surface area contributed by atoms with Crippen molar-refractivity contribution in [3.63, 3.8) is 0 Å². The molecule has 4 heterocycles. The Morgan fingerprint density at radius 3 is 2.76 bits per heavy atom. The van der Waals surface area contributed by atoms with Crippen molar-refractivity contribution >= 4 is 15.8 Å². The number of pyridine rings is 1. The standard InChI is InChI=1S/C14H22N4O2S/c1-2-15-14-13(4-3-7-16-14)21(19,20)17-12-10-18-8-5-11(12)6-9-18/h3-4,7,11-12,17H,2,5-6,8-10H2,1H3,(H,15,16). The van der Waals surface area contributed by atoms with Crippen LogP contribution < -0.4 is 10.0 Å². The average molecular weight is 310 g/mol. The first-order valence-electron chi connectivity index (χ1n) is 7.53. The van der Waals surface area contributed by atoms with Gasteiger partial charge < -0.3 is 10.2 Å². The van der Waals surface area contributed by atoms with Crippen LogP contribution in [-0.2, 0) is 10.0 Å². The van der Waals surface area contributed by atoms with Gasteiger partial charge in [-0.3, -0.25) is 0 Å². The summed E-state index contributed by atoms with van der Waals surface area (Å²) in [6.45, 7) is 5.57. The number of hydrogen-bond acceptors (Lipinski definition) is 5. The number of fused-ring (bicyclic) bond motifs is 3. The zero-order valence-corrected chi connectivity index (χ0v) is 13.1.